The second-order valence-corrected chi connectivity index (χ2v) is 2.74. The Morgan fingerprint density at radius 1 is 1.70 bits per heavy atom. The van der Waals surface area contributed by atoms with E-state index < -0.39 is 5.54 Å². The summed E-state index contributed by atoms with van der Waals surface area (Å²) in [6.07, 6.45) is 0.776. The highest BCUT2D eigenvalue weighted by molar-refractivity contribution is 5.90. The van der Waals surface area contributed by atoms with Crippen molar-refractivity contribution in [1.29, 1.82) is 0 Å². The van der Waals surface area contributed by atoms with Gasteiger partial charge in [-0.15, -0.1) is 0 Å². The highest BCUT2D eigenvalue weighted by Gasteiger charge is 2.36. The van der Waals surface area contributed by atoms with Gasteiger partial charge in [0, 0.05) is 0 Å². The highest BCUT2D eigenvalue weighted by Crippen LogP contribution is 2.15. The molecule has 3 nitrogen and oxygen atoms in total. The Bertz CT molecular complexity index is 188. The van der Waals surface area contributed by atoms with Gasteiger partial charge in [0.2, 0.25) is 0 Å². The Labute approximate surface area is 60.5 Å². The van der Waals surface area contributed by atoms with E-state index in [9.17, 15) is 4.79 Å². The summed E-state index contributed by atoms with van der Waals surface area (Å²) in [6.45, 7) is 7.43. The minimum absolute atomic E-state index is 0.0139. The number of carbonyl (C=O) groups is 1. The molecule has 2 N–H and O–H groups in total. The summed E-state index contributed by atoms with van der Waals surface area (Å²) in [4.78, 5) is 11.1. The summed E-state index contributed by atoms with van der Waals surface area (Å²) in [7, 11) is 0. The molecule has 0 aromatic rings. The van der Waals surface area contributed by atoms with Gasteiger partial charge in [-0.2, -0.15) is 0 Å². The quantitative estimate of drug-likeness (QED) is 0.551. The van der Waals surface area contributed by atoms with Gasteiger partial charge in [0.05, 0.1) is 5.82 Å². The summed E-state index contributed by atoms with van der Waals surface area (Å²) < 4.78 is 0. The van der Waals surface area contributed by atoms with Crippen LogP contribution >= 0.6 is 0 Å². The van der Waals surface area contributed by atoms with E-state index in [1.807, 2.05) is 13.8 Å². The van der Waals surface area contributed by atoms with E-state index in [1.165, 1.54) is 0 Å². The van der Waals surface area contributed by atoms with Gasteiger partial charge in [0.25, 0.3) is 5.91 Å². The van der Waals surface area contributed by atoms with Crippen LogP contribution in [0.4, 0.5) is 0 Å². The van der Waals surface area contributed by atoms with E-state index in [1.54, 1.807) is 0 Å². The zero-order valence-electron chi connectivity index (χ0n) is 6.32. The van der Waals surface area contributed by atoms with Crippen molar-refractivity contribution in [1.82, 2.24) is 10.6 Å². The van der Waals surface area contributed by atoms with Crippen LogP contribution in [-0.2, 0) is 4.79 Å². The normalized spacial score (nSPS) is 31.8. The fraction of sp³-hybridized carbons (Fsp3) is 0.571. The highest BCUT2D eigenvalue weighted by atomic mass is 16.2. The lowest BCUT2D eigenvalue weighted by Gasteiger charge is -2.17. The van der Waals surface area contributed by atoms with Gasteiger partial charge in [0.15, 0.2) is 0 Å². The van der Waals surface area contributed by atoms with Crippen molar-refractivity contribution in [3.63, 3.8) is 0 Å². The average molecular weight is 140 g/mol. The summed E-state index contributed by atoms with van der Waals surface area (Å²) in [5.41, 5.74) is -0.433. The Balaban J connectivity index is 2.80. The molecule has 1 heterocycles. The molecule has 0 spiro atoms. The fourth-order valence-electron chi connectivity index (χ4n) is 0.945. The number of amides is 1. The SMILES string of the molecule is C=C1NC(=O)C(C)(CC)N1. The number of rotatable bonds is 1. The Morgan fingerprint density at radius 2 is 2.30 bits per heavy atom. The standard InChI is InChI=1S/C7H12N2O/c1-4-7(3)6(10)8-5(2)9-7/h9H,2,4H2,1,3H3,(H,8,10). The van der Waals surface area contributed by atoms with Crippen molar-refractivity contribution in [2.75, 3.05) is 0 Å². The van der Waals surface area contributed by atoms with Crippen molar-refractivity contribution in [2.24, 2.45) is 0 Å². The minimum atomic E-state index is -0.433. The molecule has 1 saturated heterocycles. The van der Waals surface area contributed by atoms with Crippen LogP contribution in [0, 0.1) is 0 Å². The monoisotopic (exact) mass is 140 g/mol. The summed E-state index contributed by atoms with van der Waals surface area (Å²) in [5, 5.41) is 5.59. The minimum Gasteiger partial charge on any atom is -0.358 e. The molecule has 0 radical (unpaired) electrons. The molecule has 10 heavy (non-hydrogen) atoms. The molecule has 0 aliphatic carbocycles. The summed E-state index contributed by atoms with van der Waals surface area (Å²) in [5.74, 6) is 0.620. The molecule has 0 aromatic heterocycles. The second-order valence-electron chi connectivity index (χ2n) is 2.74. The van der Waals surface area contributed by atoms with Crippen LogP contribution in [0.1, 0.15) is 20.3 Å². The maximum absolute atomic E-state index is 11.1. The molecule has 0 bridgehead atoms. The molecule has 1 aliphatic heterocycles. The molecule has 1 amide bonds. The topological polar surface area (TPSA) is 41.1 Å². The average Bonchev–Trinajstić information content (AvgIpc) is 2.09. The maximum atomic E-state index is 11.1. The first-order valence-electron chi connectivity index (χ1n) is 3.37. The van der Waals surface area contributed by atoms with Crippen LogP contribution < -0.4 is 10.6 Å². The Kier molecular flexibility index (Phi) is 1.43. The van der Waals surface area contributed by atoms with Crippen LogP contribution in [-0.4, -0.2) is 11.4 Å². The number of carbonyl (C=O) groups excluding carboxylic acids is 1. The van der Waals surface area contributed by atoms with Crippen LogP contribution in [0.3, 0.4) is 0 Å². The molecule has 56 valence electrons. The van der Waals surface area contributed by atoms with Crippen molar-refractivity contribution >= 4 is 5.91 Å². The molecule has 3 heteroatoms. The Hall–Kier alpha value is -0.990. The van der Waals surface area contributed by atoms with Crippen LogP contribution in [0.5, 0.6) is 0 Å². The van der Waals surface area contributed by atoms with Gasteiger partial charge in [-0.25, -0.2) is 0 Å². The lowest BCUT2D eigenvalue weighted by molar-refractivity contribution is -0.123. The number of hydrogen-bond acceptors (Lipinski definition) is 2. The van der Waals surface area contributed by atoms with Crippen molar-refractivity contribution in [3.05, 3.63) is 12.4 Å². The number of hydrogen-bond donors (Lipinski definition) is 2. The van der Waals surface area contributed by atoms with Gasteiger partial charge in [-0.05, 0) is 13.3 Å². The third-order valence-corrected chi connectivity index (χ3v) is 1.90. The Morgan fingerprint density at radius 3 is 2.50 bits per heavy atom. The van der Waals surface area contributed by atoms with E-state index in [0.717, 1.165) is 6.42 Å². The van der Waals surface area contributed by atoms with Gasteiger partial charge < -0.3 is 10.6 Å². The smallest absolute Gasteiger partial charge is 0.250 e. The first-order chi connectivity index (χ1) is 4.58. The third kappa shape index (κ3) is 0.875. The molecular weight excluding hydrogens is 128 g/mol. The zero-order chi connectivity index (χ0) is 7.78. The molecular formula is C7H12N2O. The van der Waals surface area contributed by atoms with Gasteiger partial charge in [0.1, 0.15) is 5.54 Å². The molecule has 0 aromatic carbocycles. The lowest BCUT2D eigenvalue weighted by atomic mass is 10.0. The van der Waals surface area contributed by atoms with Crippen molar-refractivity contribution in [2.45, 2.75) is 25.8 Å². The van der Waals surface area contributed by atoms with E-state index in [4.69, 9.17) is 0 Å². The van der Waals surface area contributed by atoms with E-state index in [-0.39, 0.29) is 5.91 Å². The maximum Gasteiger partial charge on any atom is 0.250 e. The first-order valence-corrected chi connectivity index (χ1v) is 3.37. The van der Waals surface area contributed by atoms with Crippen LogP contribution in [0.2, 0.25) is 0 Å². The third-order valence-electron chi connectivity index (χ3n) is 1.90. The molecule has 1 rings (SSSR count). The predicted molar refractivity (Wildman–Crippen MR) is 39.1 cm³/mol. The lowest BCUT2D eigenvalue weighted by Crippen LogP contribution is -2.41. The molecule has 1 fully saturated rings. The van der Waals surface area contributed by atoms with Crippen LogP contribution in [0.25, 0.3) is 0 Å². The van der Waals surface area contributed by atoms with Crippen LogP contribution in [0.15, 0.2) is 12.4 Å². The zero-order valence-corrected chi connectivity index (χ0v) is 6.32. The van der Waals surface area contributed by atoms with E-state index in [0.29, 0.717) is 5.82 Å². The predicted octanol–water partition coefficient (Wildman–Crippen LogP) is 0.346. The molecule has 1 unspecified atom stereocenters. The van der Waals surface area contributed by atoms with Crippen molar-refractivity contribution < 1.29 is 4.79 Å². The van der Waals surface area contributed by atoms with Crippen molar-refractivity contribution in [3.8, 4) is 0 Å². The van der Waals surface area contributed by atoms with Gasteiger partial charge >= 0.3 is 0 Å². The summed E-state index contributed by atoms with van der Waals surface area (Å²) in [6, 6.07) is 0. The first kappa shape index (κ1) is 7.12. The molecule has 1 aliphatic rings. The van der Waals surface area contributed by atoms with Gasteiger partial charge in [-0.1, -0.05) is 13.5 Å². The fourth-order valence-corrected chi connectivity index (χ4v) is 0.945. The van der Waals surface area contributed by atoms with E-state index >= 15 is 0 Å². The van der Waals surface area contributed by atoms with Gasteiger partial charge in [-0.3, -0.25) is 4.79 Å². The molecule has 1 atom stereocenters. The van der Waals surface area contributed by atoms with E-state index in [2.05, 4.69) is 17.2 Å². The number of nitrogens with one attached hydrogen (secondary N) is 2. The second kappa shape index (κ2) is 2.01. The molecule has 0 saturated carbocycles. The summed E-state index contributed by atoms with van der Waals surface area (Å²) >= 11 is 0. The largest absolute Gasteiger partial charge is 0.358 e.